The molecular weight excluding hydrogens is 288 g/mol. The van der Waals surface area contributed by atoms with Crippen LogP contribution in [-0.4, -0.2) is 47.8 Å². The standard InChI is InChI=1S/C19H34N2O2/c1-3-12-20(13-4-2)18(22)16-8-10-17(11-9-16)19(23)21-14-6-5-7-15-21/h16-17H,3-15H2,1-2H3. The number of carbonyl (C=O) groups excluding carboxylic acids is 2. The van der Waals surface area contributed by atoms with E-state index in [-0.39, 0.29) is 11.8 Å². The van der Waals surface area contributed by atoms with Crippen LogP contribution in [0.25, 0.3) is 0 Å². The van der Waals surface area contributed by atoms with Gasteiger partial charge in [0.2, 0.25) is 11.8 Å². The van der Waals surface area contributed by atoms with E-state index in [9.17, 15) is 9.59 Å². The maximum Gasteiger partial charge on any atom is 0.225 e. The highest BCUT2D eigenvalue weighted by atomic mass is 16.2. The molecule has 1 aliphatic heterocycles. The number of rotatable bonds is 6. The van der Waals surface area contributed by atoms with E-state index in [4.69, 9.17) is 0 Å². The van der Waals surface area contributed by atoms with Crippen LogP contribution in [0.15, 0.2) is 0 Å². The topological polar surface area (TPSA) is 40.6 Å². The quantitative estimate of drug-likeness (QED) is 0.751. The largest absolute Gasteiger partial charge is 0.342 e. The fourth-order valence-electron chi connectivity index (χ4n) is 4.09. The Balaban J connectivity index is 1.82. The molecule has 1 aliphatic carbocycles. The van der Waals surface area contributed by atoms with Gasteiger partial charge in [-0.05, 0) is 57.8 Å². The Labute approximate surface area is 141 Å². The molecule has 0 radical (unpaired) electrons. The van der Waals surface area contributed by atoms with Gasteiger partial charge in [-0.15, -0.1) is 0 Å². The van der Waals surface area contributed by atoms with Gasteiger partial charge in [0.1, 0.15) is 0 Å². The van der Waals surface area contributed by atoms with Gasteiger partial charge in [-0.25, -0.2) is 0 Å². The first kappa shape index (κ1) is 18.3. The lowest BCUT2D eigenvalue weighted by atomic mass is 9.80. The SMILES string of the molecule is CCCN(CCC)C(=O)C1CCC(C(=O)N2CCCCC2)CC1. The predicted octanol–water partition coefficient (Wildman–Crippen LogP) is 3.45. The first-order valence-electron chi connectivity index (χ1n) is 9.74. The lowest BCUT2D eigenvalue weighted by molar-refractivity contribution is -0.142. The molecule has 2 fully saturated rings. The van der Waals surface area contributed by atoms with Gasteiger partial charge in [-0.3, -0.25) is 9.59 Å². The van der Waals surface area contributed by atoms with E-state index in [0.29, 0.717) is 11.8 Å². The van der Waals surface area contributed by atoms with Crippen molar-refractivity contribution in [3.05, 3.63) is 0 Å². The Morgan fingerprint density at radius 3 is 1.91 bits per heavy atom. The van der Waals surface area contributed by atoms with Gasteiger partial charge in [-0.1, -0.05) is 13.8 Å². The molecule has 2 aliphatic rings. The maximum absolute atomic E-state index is 12.7. The van der Waals surface area contributed by atoms with Crippen molar-refractivity contribution < 1.29 is 9.59 Å². The van der Waals surface area contributed by atoms with Crippen molar-refractivity contribution in [2.75, 3.05) is 26.2 Å². The van der Waals surface area contributed by atoms with E-state index in [2.05, 4.69) is 18.7 Å². The zero-order valence-electron chi connectivity index (χ0n) is 15.1. The Hall–Kier alpha value is -1.06. The fourth-order valence-corrected chi connectivity index (χ4v) is 4.09. The smallest absolute Gasteiger partial charge is 0.225 e. The second kappa shape index (κ2) is 9.29. The molecule has 0 aromatic heterocycles. The van der Waals surface area contributed by atoms with E-state index >= 15 is 0 Å². The Bertz CT molecular complexity index is 377. The number of carbonyl (C=O) groups is 2. The lowest BCUT2D eigenvalue weighted by Crippen LogP contribution is -2.43. The zero-order valence-corrected chi connectivity index (χ0v) is 15.1. The summed E-state index contributed by atoms with van der Waals surface area (Å²) in [5.74, 6) is 1.01. The van der Waals surface area contributed by atoms with E-state index in [1.165, 1.54) is 6.42 Å². The maximum atomic E-state index is 12.7. The molecule has 1 heterocycles. The van der Waals surface area contributed by atoms with E-state index < -0.39 is 0 Å². The molecule has 0 unspecified atom stereocenters. The van der Waals surface area contributed by atoms with Crippen LogP contribution in [-0.2, 0) is 9.59 Å². The molecule has 4 nitrogen and oxygen atoms in total. The Morgan fingerprint density at radius 1 is 0.870 bits per heavy atom. The third kappa shape index (κ3) is 4.95. The summed E-state index contributed by atoms with van der Waals surface area (Å²) in [6.07, 6.45) is 9.21. The molecule has 2 amide bonds. The molecule has 0 atom stereocenters. The van der Waals surface area contributed by atoms with Crippen molar-refractivity contribution >= 4 is 11.8 Å². The van der Waals surface area contributed by atoms with Crippen molar-refractivity contribution in [1.82, 2.24) is 9.80 Å². The summed E-state index contributed by atoms with van der Waals surface area (Å²) in [6.45, 7) is 7.89. The summed E-state index contributed by atoms with van der Waals surface area (Å²) >= 11 is 0. The van der Waals surface area contributed by atoms with E-state index in [1.54, 1.807) is 0 Å². The molecule has 1 saturated carbocycles. The van der Waals surface area contributed by atoms with Crippen molar-refractivity contribution in [2.45, 2.75) is 71.6 Å². The van der Waals surface area contributed by atoms with Crippen LogP contribution in [0.1, 0.15) is 71.6 Å². The van der Waals surface area contributed by atoms with Gasteiger partial charge >= 0.3 is 0 Å². The van der Waals surface area contributed by atoms with Crippen LogP contribution in [0.5, 0.6) is 0 Å². The summed E-state index contributed by atoms with van der Waals surface area (Å²) in [4.78, 5) is 29.4. The summed E-state index contributed by atoms with van der Waals surface area (Å²) in [6, 6.07) is 0. The van der Waals surface area contributed by atoms with Gasteiger partial charge in [0.25, 0.3) is 0 Å². The van der Waals surface area contributed by atoms with E-state index in [1.807, 2.05) is 4.90 Å². The highest BCUT2D eigenvalue weighted by Gasteiger charge is 2.33. The molecule has 0 spiro atoms. The van der Waals surface area contributed by atoms with Crippen molar-refractivity contribution in [2.24, 2.45) is 11.8 Å². The number of piperidine rings is 1. The second-order valence-electron chi connectivity index (χ2n) is 7.26. The van der Waals surface area contributed by atoms with Crippen LogP contribution >= 0.6 is 0 Å². The molecule has 1 saturated heterocycles. The minimum Gasteiger partial charge on any atom is -0.342 e. The monoisotopic (exact) mass is 322 g/mol. The number of hydrogen-bond acceptors (Lipinski definition) is 2. The Morgan fingerprint density at radius 2 is 1.39 bits per heavy atom. The van der Waals surface area contributed by atoms with Crippen LogP contribution in [0.3, 0.4) is 0 Å². The fraction of sp³-hybridized carbons (Fsp3) is 0.895. The molecule has 0 bridgehead atoms. The molecule has 0 aromatic carbocycles. The third-order valence-corrected chi connectivity index (χ3v) is 5.39. The van der Waals surface area contributed by atoms with Crippen LogP contribution in [0, 0.1) is 11.8 Å². The summed E-state index contributed by atoms with van der Waals surface area (Å²) in [7, 11) is 0. The van der Waals surface area contributed by atoms with Gasteiger partial charge in [0, 0.05) is 38.0 Å². The van der Waals surface area contributed by atoms with Crippen molar-refractivity contribution in [1.29, 1.82) is 0 Å². The van der Waals surface area contributed by atoms with Crippen LogP contribution in [0.4, 0.5) is 0 Å². The molecule has 132 valence electrons. The van der Waals surface area contributed by atoms with Crippen molar-refractivity contribution in [3.8, 4) is 0 Å². The van der Waals surface area contributed by atoms with Crippen LogP contribution in [0.2, 0.25) is 0 Å². The van der Waals surface area contributed by atoms with Gasteiger partial charge < -0.3 is 9.80 Å². The lowest BCUT2D eigenvalue weighted by Gasteiger charge is -2.35. The zero-order chi connectivity index (χ0) is 16.7. The molecule has 0 N–H and O–H groups in total. The number of hydrogen-bond donors (Lipinski definition) is 0. The number of amides is 2. The first-order valence-corrected chi connectivity index (χ1v) is 9.74. The first-order chi connectivity index (χ1) is 11.2. The molecule has 2 rings (SSSR count). The minimum atomic E-state index is 0.151. The highest BCUT2D eigenvalue weighted by molar-refractivity contribution is 5.81. The normalized spacial score (nSPS) is 25.2. The van der Waals surface area contributed by atoms with Gasteiger partial charge in [0.15, 0.2) is 0 Å². The summed E-state index contributed by atoms with van der Waals surface area (Å²) in [5.41, 5.74) is 0. The van der Waals surface area contributed by atoms with Crippen molar-refractivity contribution in [3.63, 3.8) is 0 Å². The van der Waals surface area contributed by atoms with E-state index in [0.717, 1.165) is 77.5 Å². The second-order valence-corrected chi connectivity index (χ2v) is 7.26. The number of nitrogens with zero attached hydrogens (tertiary/aromatic N) is 2. The third-order valence-electron chi connectivity index (χ3n) is 5.39. The molecular formula is C19H34N2O2. The van der Waals surface area contributed by atoms with Gasteiger partial charge in [0.05, 0.1) is 0 Å². The average Bonchev–Trinajstić information content (AvgIpc) is 2.61. The molecule has 0 aromatic rings. The van der Waals surface area contributed by atoms with Gasteiger partial charge in [-0.2, -0.15) is 0 Å². The summed E-state index contributed by atoms with van der Waals surface area (Å²) in [5, 5.41) is 0. The van der Waals surface area contributed by atoms with Crippen LogP contribution < -0.4 is 0 Å². The summed E-state index contributed by atoms with van der Waals surface area (Å²) < 4.78 is 0. The highest BCUT2D eigenvalue weighted by Crippen LogP contribution is 2.32. The predicted molar refractivity (Wildman–Crippen MR) is 93.0 cm³/mol. The number of likely N-dealkylation sites (tertiary alicyclic amines) is 1. The average molecular weight is 322 g/mol. The Kier molecular flexibility index (Phi) is 7.38. The minimum absolute atomic E-state index is 0.151. The molecule has 4 heteroatoms. The molecule has 23 heavy (non-hydrogen) atoms.